The van der Waals surface area contributed by atoms with Crippen molar-refractivity contribution in [2.24, 2.45) is 5.73 Å². The molecule has 2 unspecified atom stereocenters. The number of carbonyl (C=O) groups is 3. The molecule has 0 saturated carbocycles. The minimum Gasteiger partial charge on any atom is -0.480 e. The van der Waals surface area contributed by atoms with Crippen molar-refractivity contribution < 1.29 is 24.2 Å². The molecule has 0 radical (unpaired) electrons. The molecule has 2 atom stereocenters. The van der Waals surface area contributed by atoms with E-state index in [0.717, 1.165) is 64.2 Å². The first-order chi connectivity index (χ1) is 19.4. The SMILES string of the molecule is CCCC/C=C\CCCCCCCC(=O)OC(/C=C\CCCC)CCCCCCC(=O)NC(CCCN)C(=O)O. The van der Waals surface area contributed by atoms with Crippen molar-refractivity contribution in [2.45, 2.75) is 161 Å². The molecule has 0 rings (SSSR count). The van der Waals surface area contributed by atoms with Crippen LogP contribution in [0.4, 0.5) is 0 Å². The molecule has 4 N–H and O–H groups in total. The normalized spacial score (nSPS) is 13.1. The summed E-state index contributed by atoms with van der Waals surface area (Å²) in [6.45, 7) is 4.79. The van der Waals surface area contributed by atoms with Crippen LogP contribution in [0, 0.1) is 0 Å². The lowest BCUT2D eigenvalue weighted by molar-refractivity contribution is -0.147. The second kappa shape index (κ2) is 28.4. The lowest BCUT2D eigenvalue weighted by Gasteiger charge is -2.15. The number of hydrogen-bond donors (Lipinski definition) is 3. The van der Waals surface area contributed by atoms with Crippen molar-refractivity contribution in [1.82, 2.24) is 5.32 Å². The Hall–Kier alpha value is -2.15. The Bertz CT molecular complexity index is 692. The van der Waals surface area contributed by atoms with Gasteiger partial charge in [0.25, 0.3) is 0 Å². The maximum Gasteiger partial charge on any atom is 0.326 e. The van der Waals surface area contributed by atoms with Crippen LogP contribution in [0.15, 0.2) is 24.3 Å². The van der Waals surface area contributed by atoms with E-state index in [9.17, 15) is 19.5 Å². The summed E-state index contributed by atoms with van der Waals surface area (Å²) in [4.78, 5) is 35.8. The van der Waals surface area contributed by atoms with Crippen LogP contribution in [0.25, 0.3) is 0 Å². The van der Waals surface area contributed by atoms with E-state index in [1.165, 1.54) is 38.5 Å². The Balaban J connectivity index is 4.19. The van der Waals surface area contributed by atoms with Gasteiger partial charge < -0.3 is 20.9 Å². The Morgan fingerprint density at radius 1 is 0.725 bits per heavy atom. The molecule has 0 aromatic heterocycles. The zero-order valence-corrected chi connectivity index (χ0v) is 25.7. The number of ether oxygens (including phenoxy) is 1. The zero-order valence-electron chi connectivity index (χ0n) is 25.7. The van der Waals surface area contributed by atoms with Crippen LogP contribution in [0.2, 0.25) is 0 Å². The number of nitrogens with one attached hydrogen (secondary N) is 1. The topological polar surface area (TPSA) is 119 Å². The molecule has 0 fully saturated rings. The second-order valence-electron chi connectivity index (χ2n) is 10.9. The molecular weight excluding hydrogens is 504 g/mol. The molecule has 7 heteroatoms. The van der Waals surface area contributed by atoms with E-state index in [1.54, 1.807) is 0 Å². The molecule has 7 nitrogen and oxygen atoms in total. The fourth-order valence-corrected chi connectivity index (χ4v) is 4.44. The number of allylic oxidation sites excluding steroid dienone is 3. The molecule has 0 saturated heterocycles. The molecule has 40 heavy (non-hydrogen) atoms. The van der Waals surface area contributed by atoms with Crippen molar-refractivity contribution in [3.8, 4) is 0 Å². The van der Waals surface area contributed by atoms with Gasteiger partial charge in [0.1, 0.15) is 12.1 Å². The van der Waals surface area contributed by atoms with Crippen LogP contribution >= 0.6 is 0 Å². The summed E-state index contributed by atoms with van der Waals surface area (Å²) in [6, 6.07) is -0.867. The van der Waals surface area contributed by atoms with Gasteiger partial charge in [0.2, 0.25) is 5.91 Å². The first kappa shape index (κ1) is 37.9. The van der Waals surface area contributed by atoms with Crippen molar-refractivity contribution in [3.63, 3.8) is 0 Å². The molecule has 0 bridgehead atoms. The van der Waals surface area contributed by atoms with Gasteiger partial charge in [0.15, 0.2) is 0 Å². The summed E-state index contributed by atoms with van der Waals surface area (Å²) in [5, 5.41) is 11.8. The Morgan fingerprint density at radius 3 is 1.95 bits per heavy atom. The van der Waals surface area contributed by atoms with Crippen LogP contribution < -0.4 is 11.1 Å². The van der Waals surface area contributed by atoms with Crippen LogP contribution in [0.3, 0.4) is 0 Å². The number of hydrogen-bond acceptors (Lipinski definition) is 5. The smallest absolute Gasteiger partial charge is 0.326 e. The van der Waals surface area contributed by atoms with Gasteiger partial charge in [-0.3, -0.25) is 9.59 Å². The van der Waals surface area contributed by atoms with Gasteiger partial charge >= 0.3 is 11.9 Å². The van der Waals surface area contributed by atoms with Crippen LogP contribution in [-0.2, 0) is 19.1 Å². The van der Waals surface area contributed by atoms with Crippen LogP contribution in [-0.4, -0.2) is 41.6 Å². The Labute approximate surface area is 244 Å². The van der Waals surface area contributed by atoms with Crippen LogP contribution in [0.5, 0.6) is 0 Å². The molecule has 0 aliphatic rings. The average molecular weight is 565 g/mol. The standard InChI is InChI=1S/C33H60N2O5/c1-3-5-7-9-10-11-12-13-14-15-21-27-32(37)40-29(23-18-8-6-4-2)24-19-16-17-20-26-31(36)35-30(33(38)39)25-22-28-34/h9-10,18,23,29-30H,3-8,11-17,19-22,24-28,34H2,1-2H3,(H,35,36)(H,38,39)/b10-9-,23-18-. The second-order valence-corrected chi connectivity index (χ2v) is 10.9. The van der Waals surface area contributed by atoms with Gasteiger partial charge in [-0.2, -0.15) is 0 Å². The highest BCUT2D eigenvalue weighted by Gasteiger charge is 2.18. The third-order valence-corrected chi connectivity index (χ3v) is 6.97. The molecule has 0 aromatic carbocycles. The number of carboxylic acid groups (broad SMARTS) is 1. The Kier molecular flexibility index (Phi) is 26.9. The molecule has 0 aromatic rings. The predicted octanol–water partition coefficient (Wildman–Crippen LogP) is 7.77. The number of amides is 1. The zero-order chi connectivity index (χ0) is 29.7. The maximum atomic E-state index is 12.5. The summed E-state index contributed by atoms with van der Waals surface area (Å²) in [5.74, 6) is -1.35. The largest absolute Gasteiger partial charge is 0.480 e. The van der Waals surface area contributed by atoms with Gasteiger partial charge in [0, 0.05) is 12.8 Å². The molecule has 0 aliphatic heterocycles. The van der Waals surface area contributed by atoms with Crippen molar-refractivity contribution >= 4 is 17.8 Å². The summed E-state index contributed by atoms with van der Waals surface area (Å²) >= 11 is 0. The van der Waals surface area contributed by atoms with E-state index >= 15 is 0 Å². The molecule has 0 aliphatic carbocycles. The minimum absolute atomic E-state index is 0.108. The quantitative estimate of drug-likeness (QED) is 0.0507. The number of carboxylic acids is 1. The number of esters is 1. The number of nitrogens with two attached hydrogens (primary N) is 1. The molecule has 0 spiro atoms. The maximum absolute atomic E-state index is 12.5. The fourth-order valence-electron chi connectivity index (χ4n) is 4.44. The van der Waals surface area contributed by atoms with Gasteiger partial charge in [-0.05, 0) is 76.8 Å². The van der Waals surface area contributed by atoms with Gasteiger partial charge in [-0.25, -0.2) is 4.79 Å². The molecular formula is C33H60N2O5. The monoisotopic (exact) mass is 564 g/mol. The number of aliphatic carboxylic acids is 1. The number of rotatable bonds is 28. The average Bonchev–Trinajstić information content (AvgIpc) is 2.93. The molecule has 232 valence electrons. The number of carbonyl (C=O) groups excluding carboxylic acids is 2. The van der Waals surface area contributed by atoms with E-state index in [1.807, 2.05) is 6.08 Å². The summed E-state index contributed by atoms with van der Waals surface area (Å²) in [7, 11) is 0. The minimum atomic E-state index is -1.02. The number of unbranched alkanes of at least 4 members (excludes halogenated alkanes) is 12. The van der Waals surface area contributed by atoms with Gasteiger partial charge in [0.05, 0.1) is 0 Å². The highest BCUT2D eigenvalue weighted by Crippen LogP contribution is 2.14. The van der Waals surface area contributed by atoms with Crippen LogP contribution in [0.1, 0.15) is 149 Å². The lowest BCUT2D eigenvalue weighted by atomic mass is 10.1. The highest BCUT2D eigenvalue weighted by atomic mass is 16.5. The predicted molar refractivity (Wildman–Crippen MR) is 165 cm³/mol. The van der Waals surface area contributed by atoms with Crippen molar-refractivity contribution in [1.29, 1.82) is 0 Å². The van der Waals surface area contributed by atoms with E-state index in [2.05, 4.69) is 37.4 Å². The van der Waals surface area contributed by atoms with E-state index in [4.69, 9.17) is 10.5 Å². The van der Waals surface area contributed by atoms with E-state index in [0.29, 0.717) is 38.6 Å². The van der Waals surface area contributed by atoms with Crippen molar-refractivity contribution in [3.05, 3.63) is 24.3 Å². The van der Waals surface area contributed by atoms with Gasteiger partial charge in [-0.1, -0.05) is 89.9 Å². The lowest BCUT2D eigenvalue weighted by Crippen LogP contribution is -2.40. The summed E-state index contributed by atoms with van der Waals surface area (Å²) < 4.78 is 5.80. The fraction of sp³-hybridized carbons (Fsp3) is 0.788. The summed E-state index contributed by atoms with van der Waals surface area (Å²) in [5.41, 5.74) is 5.44. The summed E-state index contributed by atoms with van der Waals surface area (Å²) in [6.07, 6.45) is 28.2. The van der Waals surface area contributed by atoms with Crippen molar-refractivity contribution in [2.75, 3.05) is 6.54 Å². The van der Waals surface area contributed by atoms with E-state index in [-0.39, 0.29) is 18.0 Å². The third kappa shape index (κ3) is 24.9. The molecule has 0 heterocycles. The first-order valence-electron chi connectivity index (χ1n) is 16.2. The third-order valence-electron chi connectivity index (χ3n) is 6.97. The molecule has 1 amide bonds. The highest BCUT2D eigenvalue weighted by molar-refractivity contribution is 5.83. The Morgan fingerprint density at radius 2 is 1.30 bits per heavy atom. The van der Waals surface area contributed by atoms with Gasteiger partial charge in [-0.15, -0.1) is 0 Å². The van der Waals surface area contributed by atoms with E-state index < -0.39 is 12.0 Å². The first-order valence-corrected chi connectivity index (χ1v) is 16.2.